The lowest BCUT2D eigenvalue weighted by atomic mass is 10.1. The van der Waals surface area contributed by atoms with Crippen LogP contribution in [-0.4, -0.2) is 23.3 Å². The van der Waals surface area contributed by atoms with Crippen LogP contribution >= 0.6 is 0 Å². The predicted octanol–water partition coefficient (Wildman–Crippen LogP) is 2.99. The second kappa shape index (κ2) is 5.05. The summed E-state index contributed by atoms with van der Waals surface area (Å²) in [6.07, 6.45) is -2.64. The van der Waals surface area contributed by atoms with Gasteiger partial charge in [0.15, 0.2) is 0 Å². The van der Waals surface area contributed by atoms with Crippen LogP contribution in [0.5, 0.6) is 5.75 Å². The molecule has 0 bridgehead atoms. The Morgan fingerprint density at radius 1 is 1.42 bits per heavy atom. The molecule has 1 N–H and O–H groups in total. The standard InChI is InChI=1S/C12H9F2NO4/c1-18-9-3-2-6(11(13)14)4-7(9)8-5-10(12(16)17)19-15-8/h2-5,11H,1H3,(H,16,17). The fourth-order valence-corrected chi connectivity index (χ4v) is 1.56. The van der Waals surface area contributed by atoms with Gasteiger partial charge in [-0.05, 0) is 18.2 Å². The zero-order chi connectivity index (χ0) is 14.0. The van der Waals surface area contributed by atoms with Gasteiger partial charge in [0.2, 0.25) is 5.76 Å². The molecule has 0 aliphatic carbocycles. The molecular formula is C12H9F2NO4. The van der Waals surface area contributed by atoms with Gasteiger partial charge in [-0.15, -0.1) is 0 Å². The van der Waals surface area contributed by atoms with Crippen molar-refractivity contribution in [2.24, 2.45) is 0 Å². The molecule has 19 heavy (non-hydrogen) atoms. The van der Waals surface area contributed by atoms with Gasteiger partial charge in [0.1, 0.15) is 11.4 Å². The van der Waals surface area contributed by atoms with Crippen LogP contribution in [0.4, 0.5) is 8.78 Å². The van der Waals surface area contributed by atoms with Gasteiger partial charge in [0, 0.05) is 17.2 Å². The van der Waals surface area contributed by atoms with Gasteiger partial charge in [-0.1, -0.05) is 5.16 Å². The average Bonchev–Trinajstić information content (AvgIpc) is 2.87. The third-order valence-corrected chi connectivity index (χ3v) is 2.47. The minimum absolute atomic E-state index is 0.122. The summed E-state index contributed by atoms with van der Waals surface area (Å²) in [5.74, 6) is -1.36. The Morgan fingerprint density at radius 3 is 2.68 bits per heavy atom. The first-order valence-corrected chi connectivity index (χ1v) is 5.19. The molecule has 0 spiro atoms. The number of aromatic carboxylic acids is 1. The van der Waals surface area contributed by atoms with Crippen molar-refractivity contribution in [3.63, 3.8) is 0 Å². The molecule has 0 atom stereocenters. The quantitative estimate of drug-likeness (QED) is 0.923. The molecule has 5 nitrogen and oxygen atoms in total. The fourth-order valence-electron chi connectivity index (χ4n) is 1.56. The van der Waals surface area contributed by atoms with E-state index in [4.69, 9.17) is 9.84 Å². The highest BCUT2D eigenvalue weighted by atomic mass is 19.3. The van der Waals surface area contributed by atoms with Crippen molar-refractivity contribution in [1.29, 1.82) is 0 Å². The van der Waals surface area contributed by atoms with Crippen LogP contribution in [0.3, 0.4) is 0 Å². The number of nitrogens with zero attached hydrogens (tertiary/aromatic N) is 1. The van der Waals surface area contributed by atoms with Gasteiger partial charge < -0.3 is 14.4 Å². The second-order valence-corrected chi connectivity index (χ2v) is 3.64. The topological polar surface area (TPSA) is 72.6 Å². The van der Waals surface area contributed by atoms with Crippen molar-refractivity contribution in [3.05, 3.63) is 35.6 Å². The molecule has 7 heteroatoms. The highest BCUT2D eigenvalue weighted by Crippen LogP contribution is 2.33. The first-order valence-electron chi connectivity index (χ1n) is 5.19. The van der Waals surface area contributed by atoms with Crippen LogP contribution in [0.2, 0.25) is 0 Å². The Kier molecular flexibility index (Phi) is 3.46. The first kappa shape index (κ1) is 13.0. The molecule has 0 aliphatic heterocycles. The normalized spacial score (nSPS) is 10.7. The van der Waals surface area contributed by atoms with Gasteiger partial charge in [-0.3, -0.25) is 0 Å². The largest absolute Gasteiger partial charge is 0.496 e. The Hall–Kier alpha value is -2.44. The number of hydrogen-bond donors (Lipinski definition) is 1. The number of hydrogen-bond acceptors (Lipinski definition) is 4. The summed E-state index contributed by atoms with van der Waals surface area (Å²) in [6, 6.07) is 4.93. The summed E-state index contributed by atoms with van der Waals surface area (Å²) in [7, 11) is 1.37. The van der Waals surface area contributed by atoms with Crippen molar-refractivity contribution >= 4 is 5.97 Å². The van der Waals surface area contributed by atoms with E-state index in [0.717, 1.165) is 6.07 Å². The number of carboxylic acids is 1. The monoisotopic (exact) mass is 269 g/mol. The van der Waals surface area contributed by atoms with Crippen LogP contribution in [-0.2, 0) is 0 Å². The number of aromatic nitrogens is 1. The molecule has 0 unspecified atom stereocenters. The van der Waals surface area contributed by atoms with Gasteiger partial charge >= 0.3 is 5.97 Å². The lowest BCUT2D eigenvalue weighted by molar-refractivity contribution is 0.0652. The van der Waals surface area contributed by atoms with Crippen molar-refractivity contribution in [2.45, 2.75) is 6.43 Å². The highest BCUT2D eigenvalue weighted by molar-refractivity contribution is 5.86. The molecule has 2 rings (SSSR count). The van der Waals surface area contributed by atoms with E-state index in [1.54, 1.807) is 0 Å². The number of ether oxygens (including phenoxy) is 1. The van der Waals surface area contributed by atoms with E-state index in [2.05, 4.69) is 9.68 Å². The Bertz CT molecular complexity index is 610. The van der Waals surface area contributed by atoms with Crippen LogP contribution in [0, 0.1) is 0 Å². The molecule has 0 saturated carbocycles. The van der Waals surface area contributed by atoms with E-state index in [1.165, 1.54) is 25.3 Å². The Labute approximate surface area is 106 Å². The molecular weight excluding hydrogens is 260 g/mol. The molecule has 1 aromatic heterocycles. The number of benzene rings is 1. The van der Waals surface area contributed by atoms with Gasteiger partial charge in [-0.25, -0.2) is 13.6 Å². The fraction of sp³-hybridized carbons (Fsp3) is 0.167. The maximum atomic E-state index is 12.7. The van der Waals surface area contributed by atoms with E-state index < -0.39 is 12.4 Å². The number of rotatable bonds is 4. The summed E-state index contributed by atoms with van der Waals surface area (Å²) in [6.45, 7) is 0. The number of alkyl halides is 2. The van der Waals surface area contributed by atoms with E-state index >= 15 is 0 Å². The minimum atomic E-state index is -2.64. The maximum Gasteiger partial charge on any atom is 0.374 e. The van der Waals surface area contributed by atoms with Gasteiger partial charge in [0.25, 0.3) is 6.43 Å². The third-order valence-electron chi connectivity index (χ3n) is 2.47. The molecule has 0 amide bonds. The lowest BCUT2D eigenvalue weighted by Gasteiger charge is -2.08. The van der Waals surface area contributed by atoms with Crippen molar-refractivity contribution in [3.8, 4) is 17.0 Å². The van der Waals surface area contributed by atoms with Crippen LogP contribution in [0.15, 0.2) is 28.8 Å². The smallest absolute Gasteiger partial charge is 0.374 e. The third kappa shape index (κ3) is 2.54. The molecule has 1 aromatic carbocycles. The summed E-state index contributed by atoms with van der Waals surface area (Å²) in [5.41, 5.74) is 0.156. The molecule has 0 fully saturated rings. The minimum Gasteiger partial charge on any atom is -0.496 e. The summed E-state index contributed by atoms with van der Waals surface area (Å²) in [4.78, 5) is 10.7. The molecule has 2 aromatic rings. The number of carboxylic acid groups (broad SMARTS) is 1. The Morgan fingerprint density at radius 2 is 2.16 bits per heavy atom. The number of halogens is 2. The van der Waals surface area contributed by atoms with E-state index in [9.17, 15) is 13.6 Å². The summed E-state index contributed by atoms with van der Waals surface area (Å²) in [5, 5.41) is 12.3. The summed E-state index contributed by atoms with van der Waals surface area (Å²) >= 11 is 0. The lowest BCUT2D eigenvalue weighted by Crippen LogP contribution is -1.93. The number of carbonyl (C=O) groups is 1. The average molecular weight is 269 g/mol. The molecule has 100 valence electrons. The van der Waals surface area contributed by atoms with Crippen LogP contribution in [0.25, 0.3) is 11.3 Å². The van der Waals surface area contributed by atoms with Crippen LogP contribution < -0.4 is 4.74 Å². The number of methoxy groups -OCH3 is 1. The zero-order valence-corrected chi connectivity index (χ0v) is 9.76. The first-order chi connectivity index (χ1) is 9.02. The summed E-state index contributed by atoms with van der Waals surface area (Å²) < 4.78 is 34.9. The predicted molar refractivity (Wildman–Crippen MR) is 60.4 cm³/mol. The van der Waals surface area contributed by atoms with Crippen LogP contribution in [0.1, 0.15) is 22.5 Å². The van der Waals surface area contributed by atoms with E-state index in [0.29, 0.717) is 5.75 Å². The second-order valence-electron chi connectivity index (χ2n) is 3.64. The Balaban J connectivity index is 2.51. The van der Waals surface area contributed by atoms with E-state index in [1.807, 2.05) is 0 Å². The van der Waals surface area contributed by atoms with Gasteiger partial charge in [0.05, 0.1) is 7.11 Å². The van der Waals surface area contributed by atoms with Crippen molar-refractivity contribution < 1.29 is 27.9 Å². The van der Waals surface area contributed by atoms with E-state index in [-0.39, 0.29) is 22.6 Å². The zero-order valence-electron chi connectivity index (χ0n) is 9.76. The highest BCUT2D eigenvalue weighted by Gasteiger charge is 2.17. The molecule has 0 aliphatic rings. The van der Waals surface area contributed by atoms with Crippen molar-refractivity contribution in [2.75, 3.05) is 7.11 Å². The maximum absolute atomic E-state index is 12.7. The molecule has 0 radical (unpaired) electrons. The SMILES string of the molecule is COc1ccc(C(F)F)cc1-c1cc(C(=O)O)on1. The molecule has 1 heterocycles. The van der Waals surface area contributed by atoms with Crippen molar-refractivity contribution in [1.82, 2.24) is 5.16 Å². The molecule has 0 saturated heterocycles. The van der Waals surface area contributed by atoms with Gasteiger partial charge in [-0.2, -0.15) is 0 Å².